The van der Waals surface area contributed by atoms with Gasteiger partial charge in [-0.15, -0.1) is 0 Å². The van der Waals surface area contributed by atoms with Crippen molar-refractivity contribution in [2.75, 3.05) is 45.9 Å². The van der Waals surface area contributed by atoms with E-state index < -0.39 is 0 Å². The van der Waals surface area contributed by atoms with Gasteiger partial charge in [-0.05, 0) is 6.92 Å². The van der Waals surface area contributed by atoms with Crippen molar-refractivity contribution >= 4 is 6.03 Å². The van der Waals surface area contributed by atoms with E-state index in [2.05, 4.69) is 5.32 Å². The normalized spacial score (nSPS) is 25.9. The van der Waals surface area contributed by atoms with Gasteiger partial charge >= 0.3 is 6.03 Å². The van der Waals surface area contributed by atoms with Crippen LogP contribution in [0.2, 0.25) is 0 Å². The fraction of sp³-hybridized carbons (Fsp3) is 0.900. The lowest BCUT2D eigenvalue weighted by molar-refractivity contribution is 0.123. The van der Waals surface area contributed by atoms with Crippen molar-refractivity contribution in [1.29, 1.82) is 0 Å². The van der Waals surface area contributed by atoms with E-state index in [0.29, 0.717) is 12.6 Å². The molecule has 1 N–H and O–H groups in total. The number of nitrogens with zero attached hydrogens (tertiary/aromatic N) is 2. The number of fused-ring (bicyclic) bond motifs is 1. The molecule has 0 spiro atoms. The van der Waals surface area contributed by atoms with Crippen LogP contribution in [0.15, 0.2) is 0 Å². The summed E-state index contributed by atoms with van der Waals surface area (Å²) < 4.78 is 5.27. The summed E-state index contributed by atoms with van der Waals surface area (Å²) in [7, 11) is 0. The zero-order valence-corrected chi connectivity index (χ0v) is 9.24. The highest BCUT2D eigenvalue weighted by molar-refractivity contribution is 5.77. The van der Waals surface area contributed by atoms with E-state index in [1.54, 1.807) is 0 Å². The minimum absolute atomic E-state index is 0.182. The Bertz CT molecular complexity index is 235. The number of rotatable bonds is 4. The van der Waals surface area contributed by atoms with Crippen LogP contribution in [-0.4, -0.2) is 67.8 Å². The monoisotopic (exact) mass is 213 g/mol. The third-order valence-electron chi connectivity index (χ3n) is 3.01. The predicted molar refractivity (Wildman–Crippen MR) is 56.8 cm³/mol. The Labute approximate surface area is 90.4 Å². The van der Waals surface area contributed by atoms with Gasteiger partial charge in [-0.2, -0.15) is 0 Å². The molecule has 0 radical (unpaired) electrons. The van der Waals surface area contributed by atoms with Crippen molar-refractivity contribution in [3.8, 4) is 0 Å². The number of hydrogen-bond acceptors (Lipinski definition) is 3. The van der Waals surface area contributed by atoms with Crippen LogP contribution in [0.4, 0.5) is 4.79 Å². The van der Waals surface area contributed by atoms with Crippen LogP contribution in [0.1, 0.15) is 6.92 Å². The molecule has 0 aliphatic carbocycles. The van der Waals surface area contributed by atoms with Gasteiger partial charge in [-0.1, -0.05) is 0 Å². The highest BCUT2D eigenvalue weighted by Gasteiger charge is 2.37. The molecular formula is C10H19N3O2. The highest BCUT2D eigenvalue weighted by Crippen LogP contribution is 2.16. The number of carbonyl (C=O) groups excluding carboxylic acids is 1. The Morgan fingerprint density at radius 1 is 1.60 bits per heavy atom. The van der Waals surface area contributed by atoms with E-state index in [4.69, 9.17) is 4.74 Å². The van der Waals surface area contributed by atoms with Gasteiger partial charge in [0.05, 0.1) is 12.6 Å². The molecule has 2 fully saturated rings. The van der Waals surface area contributed by atoms with E-state index in [1.165, 1.54) is 0 Å². The Hall–Kier alpha value is -0.810. The van der Waals surface area contributed by atoms with E-state index in [0.717, 1.165) is 39.3 Å². The van der Waals surface area contributed by atoms with Crippen molar-refractivity contribution in [1.82, 2.24) is 15.1 Å². The Morgan fingerprint density at radius 3 is 3.20 bits per heavy atom. The van der Waals surface area contributed by atoms with Gasteiger partial charge in [0.25, 0.3) is 0 Å². The van der Waals surface area contributed by atoms with Gasteiger partial charge in [0, 0.05) is 39.3 Å². The Morgan fingerprint density at radius 2 is 2.47 bits per heavy atom. The smallest absolute Gasteiger partial charge is 0.320 e. The molecule has 0 aromatic rings. The van der Waals surface area contributed by atoms with Gasteiger partial charge in [0.1, 0.15) is 0 Å². The maximum absolute atomic E-state index is 11.9. The maximum atomic E-state index is 11.9. The Kier molecular flexibility index (Phi) is 3.43. The molecule has 1 unspecified atom stereocenters. The van der Waals surface area contributed by atoms with Crippen molar-refractivity contribution in [2.24, 2.45) is 0 Å². The fourth-order valence-corrected chi connectivity index (χ4v) is 2.20. The zero-order valence-electron chi connectivity index (χ0n) is 9.24. The third-order valence-corrected chi connectivity index (χ3v) is 3.01. The molecule has 2 saturated heterocycles. The van der Waals surface area contributed by atoms with Gasteiger partial charge in [0.2, 0.25) is 0 Å². The first kappa shape index (κ1) is 10.7. The molecule has 0 aromatic carbocycles. The van der Waals surface area contributed by atoms with Crippen LogP contribution in [0.25, 0.3) is 0 Å². The van der Waals surface area contributed by atoms with Crippen molar-refractivity contribution in [3.05, 3.63) is 0 Å². The topological polar surface area (TPSA) is 44.8 Å². The number of nitrogens with one attached hydrogen (secondary N) is 1. The standard InChI is InChI=1S/C10H19N3O2/c1-2-15-6-5-12-8-9-7-11-3-4-13(9)10(12)14/h9,11H,2-8H2,1H3. The number of amides is 2. The number of piperazine rings is 1. The van der Waals surface area contributed by atoms with Gasteiger partial charge < -0.3 is 19.9 Å². The predicted octanol–water partition coefficient (Wildman–Crippen LogP) is -0.268. The quantitative estimate of drug-likeness (QED) is 0.654. The van der Waals surface area contributed by atoms with Crippen LogP contribution in [-0.2, 0) is 4.74 Å². The number of urea groups is 1. The lowest BCUT2D eigenvalue weighted by Gasteiger charge is -2.28. The summed E-state index contributed by atoms with van der Waals surface area (Å²) in [6.07, 6.45) is 0. The third kappa shape index (κ3) is 2.23. The van der Waals surface area contributed by atoms with E-state index in [9.17, 15) is 4.79 Å². The molecule has 5 nitrogen and oxygen atoms in total. The molecule has 86 valence electrons. The second-order valence-electron chi connectivity index (χ2n) is 3.98. The largest absolute Gasteiger partial charge is 0.380 e. The fourth-order valence-electron chi connectivity index (χ4n) is 2.20. The SMILES string of the molecule is CCOCCN1CC2CNCCN2C1=O. The molecule has 0 bridgehead atoms. The average molecular weight is 213 g/mol. The lowest BCUT2D eigenvalue weighted by atomic mass is 10.2. The second-order valence-corrected chi connectivity index (χ2v) is 3.98. The van der Waals surface area contributed by atoms with Crippen molar-refractivity contribution in [2.45, 2.75) is 13.0 Å². The van der Waals surface area contributed by atoms with Gasteiger partial charge in [0.15, 0.2) is 0 Å². The molecule has 2 heterocycles. The average Bonchev–Trinajstić information content (AvgIpc) is 2.57. The van der Waals surface area contributed by atoms with Crippen LogP contribution < -0.4 is 5.32 Å². The first-order chi connectivity index (χ1) is 7.33. The number of carbonyl (C=O) groups is 1. The summed E-state index contributed by atoms with van der Waals surface area (Å²) in [5.41, 5.74) is 0. The van der Waals surface area contributed by atoms with Crippen molar-refractivity contribution < 1.29 is 9.53 Å². The first-order valence-corrected chi connectivity index (χ1v) is 5.67. The summed E-state index contributed by atoms with van der Waals surface area (Å²) >= 11 is 0. The summed E-state index contributed by atoms with van der Waals surface area (Å²) in [5, 5.41) is 3.31. The van der Waals surface area contributed by atoms with Gasteiger partial charge in [-0.25, -0.2) is 4.79 Å². The molecule has 5 heteroatoms. The molecular weight excluding hydrogens is 194 g/mol. The number of hydrogen-bond donors (Lipinski definition) is 1. The van der Waals surface area contributed by atoms with Crippen LogP contribution >= 0.6 is 0 Å². The van der Waals surface area contributed by atoms with Crippen LogP contribution in [0, 0.1) is 0 Å². The van der Waals surface area contributed by atoms with Crippen molar-refractivity contribution in [3.63, 3.8) is 0 Å². The molecule has 2 amide bonds. The first-order valence-electron chi connectivity index (χ1n) is 5.67. The van der Waals surface area contributed by atoms with Crippen LogP contribution in [0.3, 0.4) is 0 Å². The summed E-state index contributed by atoms with van der Waals surface area (Å²) in [6.45, 7) is 7.59. The minimum atomic E-state index is 0.182. The summed E-state index contributed by atoms with van der Waals surface area (Å²) in [4.78, 5) is 15.8. The number of ether oxygens (including phenoxy) is 1. The lowest BCUT2D eigenvalue weighted by Crippen LogP contribution is -2.49. The van der Waals surface area contributed by atoms with Crippen LogP contribution in [0.5, 0.6) is 0 Å². The molecule has 15 heavy (non-hydrogen) atoms. The molecule has 0 aromatic heterocycles. The van der Waals surface area contributed by atoms with Gasteiger partial charge in [-0.3, -0.25) is 0 Å². The molecule has 1 atom stereocenters. The zero-order chi connectivity index (χ0) is 10.7. The highest BCUT2D eigenvalue weighted by atomic mass is 16.5. The molecule has 0 saturated carbocycles. The summed E-state index contributed by atoms with van der Waals surface area (Å²) in [5.74, 6) is 0. The van der Waals surface area contributed by atoms with E-state index in [1.807, 2.05) is 16.7 Å². The Balaban J connectivity index is 1.84. The summed E-state index contributed by atoms with van der Waals surface area (Å²) in [6, 6.07) is 0.550. The molecule has 2 aliphatic heterocycles. The van der Waals surface area contributed by atoms with E-state index >= 15 is 0 Å². The van der Waals surface area contributed by atoms with E-state index in [-0.39, 0.29) is 6.03 Å². The molecule has 2 rings (SSSR count). The second kappa shape index (κ2) is 4.81. The maximum Gasteiger partial charge on any atom is 0.320 e. The molecule has 2 aliphatic rings. The minimum Gasteiger partial charge on any atom is -0.380 e.